The Balaban J connectivity index is 1.66. The summed E-state index contributed by atoms with van der Waals surface area (Å²) in [4.78, 5) is 30.0. The minimum absolute atomic E-state index is 0.0610. The third-order valence-electron chi connectivity index (χ3n) is 4.97. The topological polar surface area (TPSA) is 88.8 Å². The Kier molecular flexibility index (Phi) is 5.55. The summed E-state index contributed by atoms with van der Waals surface area (Å²) < 4.78 is 20.4. The zero-order chi connectivity index (χ0) is 22.8. The molecule has 0 aliphatic rings. The van der Waals surface area contributed by atoms with Gasteiger partial charge in [0.05, 0.1) is 18.8 Å². The molecule has 4 rings (SSSR count). The van der Waals surface area contributed by atoms with Crippen molar-refractivity contribution >= 4 is 28.8 Å². The molecule has 0 aliphatic heterocycles. The lowest BCUT2D eigenvalue weighted by atomic mass is 10.1. The number of benzene rings is 1. The third kappa shape index (κ3) is 4.00. The number of carbonyl (C=O) groups is 2. The number of hydrogen-bond donors (Lipinski definition) is 1. The molecule has 0 spiro atoms. The maximum absolute atomic E-state index is 13.7. The average molecular weight is 433 g/mol. The normalized spacial score (nSPS) is 10.8. The van der Waals surface area contributed by atoms with Crippen LogP contribution in [0, 0.1) is 5.82 Å². The van der Waals surface area contributed by atoms with Gasteiger partial charge in [-0.3, -0.25) is 9.59 Å². The average Bonchev–Trinajstić information content (AvgIpc) is 3.22. The number of ether oxygens (including phenoxy) is 1. The van der Waals surface area contributed by atoms with Crippen LogP contribution in [0.1, 0.15) is 17.3 Å². The Morgan fingerprint density at radius 2 is 1.94 bits per heavy atom. The molecule has 3 aromatic heterocycles. The first-order valence-electron chi connectivity index (χ1n) is 9.70. The zero-order valence-electron chi connectivity index (χ0n) is 17.7. The fourth-order valence-electron chi connectivity index (χ4n) is 3.31. The van der Waals surface area contributed by atoms with Crippen LogP contribution in [0.5, 0.6) is 5.75 Å². The van der Waals surface area contributed by atoms with E-state index in [1.807, 2.05) is 6.07 Å². The van der Waals surface area contributed by atoms with Gasteiger partial charge in [-0.05, 0) is 36.4 Å². The van der Waals surface area contributed by atoms with Gasteiger partial charge < -0.3 is 15.0 Å². The Labute approximate surface area is 183 Å². The molecule has 0 bridgehead atoms. The monoisotopic (exact) mass is 433 g/mol. The first kappa shape index (κ1) is 21.0. The van der Waals surface area contributed by atoms with E-state index in [4.69, 9.17) is 4.74 Å². The molecule has 162 valence electrons. The van der Waals surface area contributed by atoms with E-state index in [0.717, 1.165) is 16.6 Å². The van der Waals surface area contributed by atoms with Gasteiger partial charge in [-0.2, -0.15) is 5.10 Å². The number of amides is 2. The van der Waals surface area contributed by atoms with Gasteiger partial charge in [-0.1, -0.05) is 0 Å². The number of fused-ring (bicyclic) bond motifs is 1. The number of rotatable bonds is 5. The Bertz CT molecular complexity index is 1320. The largest absolute Gasteiger partial charge is 0.494 e. The molecular weight excluding hydrogens is 413 g/mol. The van der Waals surface area contributed by atoms with Crippen molar-refractivity contribution in [3.63, 3.8) is 0 Å². The molecule has 0 fully saturated rings. The first-order valence-corrected chi connectivity index (χ1v) is 9.70. The Morgan fingerprint density at radius 1 is 1.12 bits per heavy atom. The van der Waals surface area contributed by atoms with Crippen molar-refractivity contribution in [1.82, 2.24) is 14.6 Å². The lowest BCUT2D eigenvalue weighted by Gasteiger charge is -2.18. The molecule has 0 saturated heterocycles. The molecule has 1 aromatic carbocycles. The molecule has 4 aromatic rings. The van der Waals surface area contributed by atoms with Crippen LogP contribution in [0.3, 0.4) is 0 Å². The van der Waals surface area contributed by atoms with Crippen molar-refractivity contribution in [2.45, 2.75) is 6.92 Å². The van der Waals surface area contributed by atoms with Gasteiger partial charge in [-0.25, -0.2) is 13.9 Å². The molecule has 0 saturated carbocycles. The van der Waals surface area contributed by atoms with Crippen LogP contribution in [0.25, 0.3) is 16.6 Å². The third-order valence-corrected chi connectivity index (χ3v) is 4.97. The van der Waals surface area contributed by atoms with Gasteiger partial charge >= 0.3 is 0 Å². The Hall–Kier alpha value is -4.27. The molecule has 9 heteroatoms. The summed E-state index contributed by atoms with van der Waals surface area (Å²) in [6, 6.07) is 11.2. The summed E-state index contributed by atoms with van der Waals surface area (Å²) in [7, 11) is 2.98. The lowest BCUT2D eigenvalue weighted by molar-refractivity contribution is -0.114. The highest BCUT2D eigenvalue weighted by atomic mass is 19.1. The molecule has 1 N–H and O–H groups in total. The highest BCUT2D eigenvalue weighted by molar-refractivity contribution is 6.06. The number of nitrogens with zero attached hydrogens (tertiary/aromatic N) is 4. The van der Waals surface area contributed by atoms with Crippen molar-refractivity contribution in [2.24, 2.45) is 0 Å². The van der Waals surface area contributed by atoms with E-state index >= 15 is 0 Å². The second-order valence-corrected chi connectivity index (χ2v) is 7.10. The minimum atomic E-state index is -0.499. The highest BCUT2D eigenvalue weighted by Crippen LogP contribution is 2.27. The van der Waals surface area contributed by atoms with Gasteiger partial charge in [0.25, 0.3) is 5.91 Å². The van der Waals surface area contributed by atoms with E-state index in [-0.39, 0.29) is 17.6 Å². The number of nitrogens with one attached hydrogen (secondary N) is 1. The molecular formula is C23H20FN5O3. The maximum Gasteiger partial charge on any atom is 0.258 e. The van der Waals surface area contributed by atoms with Crippen LogP contribution >= 0.6 is 0 Å². The molecule has 0 radical (unpaired) electrons. The zero-order valence-corrected chi connectivity index (χ0v) is 17.7. The van der Waals surface area contributed by atoms with Crippen LogP contribution in [0.4, 0.5) is 15.9 Å². The predicted molar refractivity (Wildman–Crippen MR) is 118 cm³/mol. The first-order chi connectivity index (χ1) is 15.4. The number of halogens is 1. The Morgan fingerprint density at radius 3 is 2.62 bits per heavy atom. The van der Waals surface area contributed by atoms with E-state index in [0.29, 0.717) is 17.1 Å². The van der Waals surface area contributed by atoms with E-state index in [1.54, 1.807) is 48.4 Å². The molecule has 0 atom stereocenters. The second-order valence-electron chi connectivity index (χ2n) is 7.10. The number of methoxy groups -OCH3 is 1. The van der Waals surface area contributed by atoms with Crippen LogP contribution in [0.15, 0.2) is 61.1 Å². The van der Waals surface area contributed by atoms with E-state index < -0.39 is 5.82 Å². The number of carbonyl (C=O) groups excluding carboxylic acids is 2. The van der Waals surface area contributed by atoms with Crippen LogP contribution in [0.2, 0.25) is 0 Å². The van der Waals surface area contributed by atoms with Crippen LogP contribution < -0.4 is 15.0 Å². The summed E-state index contributed by atoms with van der Waals surface area (Å²) in [6.45, 7) is 1.42. The fraction of sp³-hybridized carbons (Fsp3) is 0.130. The van der Waals surface area contributed by atoms with Gasteiger partial charge in [0.1, 0.15) is 5.82 Å². The smallest absolute Gasteiger partial charge is 0.258 e. The lowest BCUT2D eigenvalue weighted by Crippen LogP contribution is -2.26. The minimum Gasteiger partial charge on any atom is -0.494 e. The van der Waals surface area contributed by atoms with Gasteiger partial charge in [0, 0.05) is 54.8 Å². The molecule has 8 nitrogen and oxygen atoms in total. The van der Waals surface area contributed by atoms with Gasteiger partial charge in [-0.15, -0.1) is 0 Å². The summed E-state index contributed by atoms with van der Waals surface area (Å²) in [5.41, 5.74) is 3.23. The van der Waals surface area contributed by atoms with Gasteiger partial charge in [0.15, 0.2) is 11.6 Å². The van der Waals surface area contributed by atoms with E-state index in [2.05, 4.69) is 15.4 Å². The quantitative estimate of drug-likeness (QED) is 0.518. The van der Waals surface area contributed by atoms with Gasteiger partial charge in [0.2, 0.25) is 5.91 Å². The molecule has 32 heavy (non-hydrogen) atoms. The molecule has 0 unspecified atom stereocenters. The van der Waals surface area contributed by atoms with Crippen molar-refractivity contribution in [3.8, 4) is 16.9 Å². The van der Waals surface area contributed by atoms with Crippen molar-refractivity contribution in [3.05, 3.63) is 72.4 Å². The van der Waals surface area contributed by atoms with E-state index in [9.17, 15) is 14.0 Å². The standard InChI is InChI=1S/C23H20FN5O3/c1-14(30)27-22-7-4-16(12-25-22)18-13-26-29-9-8-15(10-20(18)29)23(31)28(2)17-5-6-19(24)21(11-17)32-3/h4-13H,1-3H3,(H,25,27,30). The summed E-state index contributed by atoms with van der Waals surface area (Å²) in [5.74, 6) is -0.462. The predicted octanol–water partition coefficient (Wildman–Crippen LogP) is 3.78. The maximum atomic E-state index is 13.7. The highest BCUT2D eigenvalue weighted by Gasteiger charge is 2.17. The molecule has 2 amide bonds. The number of aromatic nitrogens is 3. The van der Waals surface area contributed by atoms with Crippen LogP contribution in [-0.2, 0) is 4.79 Å². The SMILES string of the molecule is COc1cc(N(C)C(=O)c2ccn3ncc(-c4ccc(NC(C)=O)nc4)c3c2)ccc1F. The van der Waals surface area contributed by atoms with Crippen LogP contribution in [-0.4, -0.2) is 40.6 Å². The number of hydrogen-bond acceptors (Lipinski definition) is 5. The fourth-order valence-corrected chi connectivity index (χ4v) is 3.31. The number of anilines is 2. The summed E-state index contributed by atoms with van der Waals surface area (Å²) in [6.07, 6.45) is 5.02. The van der Waals surface area contributed by atoms with Crippen molar-refractivity contribution in [2.75, 3.05) is 24.4 Å². The van der Waals surface area contributed by atoms with E-state index in [1.165, 1.54) is 37.1 Å². The summed E-state index contributed by atoms with van der Waals surface area (Å²) in [5, 5.41) is 6.96. The van der Waals surface area contributed by atoms with Crippen molar-refractivity contribution < 1.29 is 18.7 Å². The molecule has 0 aliphatic carbocycles. The summed E-state index contributed by atoms with van der Waals surface area (Å²) >= 11 is 0. The number of pyridine rings is 2. The van der Waals surface area contributed by atoms with Crippen molar-refractivity contribution in [1.29, 1.82) is 0 Å². The molecule has 3 heterocycles. The second kappa shape index (κ2) is 8.46.